The first-order chi connectivity index (χ1) is 7.19. The molecule has 2 rings (SSSR count). The van der Waals surface area contributed by atoms with Gasteiger partial charge in [-0.1, -0.05) is 0 Å². The highest BCUT2D eigenvalue weighted by molar-refractivity contribution is 9.10. The van der Waals surface area contributed by atoms with Crippen molar-refractivity contribution in [2.24, 2.45) is 5.73 Å². The minimum atomic E-state index is 0.357. The van der Waals surface area contributed by atoms with Crippen LogP contribution in [-0.2, 0) is 6.54 Å². The van der Waals surface area contributed by atoms with E-state index in [1.165, 1.54) is 4.88 Å². The van der Waals surface area contributed by atoms with Gasteiger partial charge in [0.15, 0.2) is 5.06 Å². The summed E-state index contributed by atoms with van der Waals surface area (Å²) in [6.45, 7) is 3.11. The standard InChI is InChI=1S/C10H15BrN2OS/c1-14-10-9(11)4-8(15-10)6-13-3-2-7(12)5-13/h4,7H,2-3,5-6,12H2,1H3/t7-/m1/s1. The summed E-state index contributed by atoms with van der Waals surface area (Å²) in [5.41, 5.74) is 5.87. The van der Waals surface area contributed by atoms with Gasteiger partial charge in [-0.3, -0.25) is 4.90 Å². The Morgan fingerprint density at radius 1 is 1.73 bits per heavy atom. The van der Waals surface area contributed by atoms with Crippen molar-refractivity contribution in [3.63, 3.8) is 0 Å². The van der Waals surface area contributed by atoms with Gasteiger partial charge in [0.05, 0.1) is 11.6 Å². The first-order valence-electron chi connectivity index (χ1n) is 4.99. The van der Waals surface area contributed by atoms with Crippen LogP contribution in [-0.4, -0.2) is 31.1 Å². The fourth-order valence-electron chi connectivity index (χ4n) is 1.84. The topological polar surface area (TPSA) is 38.5 Å². The molecule has 5 heteroatoms. The molecule has 1 aliphatic heterocycles. The van der Waals surface area contributed by atoms with E-state index in [9.17, 15) is 0 Å². The van der Waals surface area contributed by atoms with Crippen molar-refractivity contribution in [2.75, 3.05) is 20.2 Å². The lowest BCUT2D eigenvalue weighted by Crippen LogP contribution is -2.25. The van der Waals surface area contributed by atoms with Crippen molar-refractivity contribution in [1.82, 2.24) is 4.90 Å². The highest BCUT2D eigenvalue weighted by Crippen LogP contribution is 2.35. The number of thiophene rings is 1. The molecular formula is C10H15BrN2OS. The van der Waals surface area contributed by atoms with E-state index >= 15 is 0 Å². The van der Waals surface area contributed by atoms with Crippen LogP contribution in [0.5, 0.6) is 5.06 Å². The van der Waals surface area contributed by atoms with Gasteiger partial charge in [0.1, 0.15) is 0 Å². The minimum absolute atomic E-state index is 0.357. The first-order valence-corrected chi connectivity index (χ1v) is 6.60. The second-order valence-electron chi connectivity index (χ2n) is 3.84. The molecule has 0 saturated carbocycles. The second-order valence-corrected chi connectivity index (χ2v) is 5.79. The molecule has 15 heavy (non-hydrogen) atoms. The molecule has 84 valence electrons. The summed E-state index contributed by atoms with van der Waals surface area (Å²) in [5.74, 6) is 0. The van der Waals surface area contributed by atoms with E-state index in [2.05, 4.69) is 26.9 Å². The van der Waals surface area contributed by atoms with Crippen LogP contribution in [0.1, 0.15) is 11.3 Å². The number of rotatable bonds is 3. The number of nitrogens with two attached hydrogens (primary N) is 1. The highest BCUT2D eigenvalue weighted by Gasteiger charge is 2.20. The van der Waals surface area contributed by atoms with Crippen molar-refractivity contribution in [2.45, 2.75) is 19.0 Å². The Bertz CT molecular complexity index is 342. The lowest BCUT2D eigenvalue weighted by Gasteiger charge is -2.12. The van der Waals surface area contributed by atoms with Gasteiger partial charge in [-0.05, 0) is 28.4 Å². The number of ether oxygens (including phenoxy) is 1. The molecule has 1 aromatic heterocycles. The number of halogens is 1. The van der Waals surface area contributed by atoms with E-state index < -0.39 is 0 Å². The summed E-state index contributed by atoms with van der Waals surface area (Å²) in [6, 6.07) is 2.49. The van der Waals surface area contributed by atoms with Crippen LogP contribution in [0.3, 0.4) is 0 Å². The number of hydrogen-bond acceptors (Lipinski definition) is 4. The van der Waals surface area contributed by atoms with Crippen molar-refractivity contribution < 1.29 is 4.74 Å². The molecule has 1 saturated heterocycles. The fourth-order valence-corrected chi connectivity index (χ4v) is 3.58. The van der Waals surface area contributed by atoms with Crippen molar-refractivity contribution in [1.29, 1.82) is 0 Å². The third-order valence-electron chi connectivity index (χ3n) is 2.58. The van der Waals surface area contributed by atoms with Gasteiger partial charge in [0.2, 0.25) is 0 Å². The Morgan fingerprint density at radius 2 is 2.53 bits per heavy atom. The zero-order chi connectivity index (χ0) is 10.8. The number of likely N-dealkylation sites (tertiary alicyclic amines) is 1. The summed E-state index contributed by atoms with van der Waals surface area (Å²) < 4.78 is 6.29. The van der Waals surface area contributed by atoms with Crippen LogP contribution >= 0.6 is 27.3 Å². The zero-order valence-corrected chi connectivity index (χ0v) is 11.1. The van der Waals surface area contributed by atoms with Crippen molar-refractivity contribution >= 4 is 27.3 Å². The average molecular weight is 291 g/mol. The number of nitrogens with zero attached hydrogens (tertiary/aromatic N) is 1. The third kappa shape index (κ3) is 2.72. The molecular weight excluding hydrogens is 276 g/mol. The Morgan fingerprint density at radius 3 is 3.07 bits per heavy atom. The zero-order valence-electron chi connectivity index (χ0n) is 8.70. The van der Waals surface area contributed by atoms with Crippen LogP contribution in [0.4, 0.5) is 0 Å². The van der Waals surface area contributed by atoms with E-state index in [1.807, 2.05) is 0 Å². The molecule has 0 radical (unpaired) electrons. The molecule has 1 aliphatic rings. The van der Waals surface area contributed by atoms with Crippen LogP contribution in [0.15, 0.2) is 10.5 Å². The van der Waals surface area contributed by atoms with Gasteiger partial charge in [-0.2, -0.15) is 0 Å². The largest absolute Gasteiger partial charge is 0.486 e. The van der Waals surface area contributed by atoms with Gasteiger partial charge in [0.25, 0.3) is 0 Å². The second kappa shape index (κ2) is 4.82. The summed E-state index contributed by atoms with van der Waals surface area (Å²) in [6.07, 6.45) is 1.11. The van der Waals surface area contributed by atoms with Crippen LogP contribution < -0.4 is 10.5 Å². The fraction of sp³-hybridized carbons (Fsp3) is 0.600. The smallest absolute Gasteiger partial charge is 0.188 e. The Balaban J connectivity index is 1.98. The van der Waals surface area contributed by atoms with Crippen LogP contribution in [0.2, 0.25) is 0 Å². The van der Waals surface area contributed by atoms with Gasteiger partial charge in [-0.15, -0.1) is 11.3 Å². The van der Waals surface area contributed by atoms with Gasteiger partial charge in [0, 0.05) is 30.6 Å². The monoisotopic (exact) mass is 290 g/mol. The maximum absolute atomic E-state index is 5.87. The molecule has 0 unspecified atom stereocenters. The van der Waals surface area contributed by atoms with E-state index in [1.54, 1.807) is 18.4 Å². The predicted octanol–water partition coefficient (Wildman–Crippen LogP) is 2.05. The Kier molecular flexibility index (Phi) is 3.66. The molecule has 0 aliphatic carbocycles. The average Bonchev–Trinajstić information content (AvgIpc) is 2.73. The highest BCUT2D eigenvalue weighted by atomic mass is 79.9. The summed E-state index contributed by atoms with van der Waals surface area (Å²) >= 11 is 5.18. The summed E-state index contributed by atoms with van der Waals surface area (Å²) in [5, 5.41) is 0.952. The molecule has 0 spiro atoms. The van der Waals surface area contributed by atoms with E-state index in [0.717, 1.165) is 35.6 Å². The van der Waals surface area contributed by atoms with Crippen LogP contribution in [0.25, 0.3) is 0 Å². The third-order valence-corrected chi connectivity index (χ3v) is 4.51. The van der Waals surface area contributed by atoms with Gasteiger partial charge < -0.3 is 10.5 Å². The molecule has 0 bridgehead atoms. The number of methoxy groups -OCH3 is 1. The summed E-state index contributed by atoms with van der Waals surface area (Å²) in [7, 11) is 1.70. The van der Waals surface area contributed by atoms with Crippen molar-refractivity contribution in [3.8, 4) is 5.06 Å². The van der Waals surface area contributed by atoms with E-state index in [-0.39, 0.29) is 0 Å². The van der Waals surface area contributed by atoms with Crippen molar-refractivity contribution in [3.05, 3.63) is 15.4 Å². The molecule has 2 N–H and O–H groups in total. The molecule has 1 aromatic rings. The lowest BCUT2D eigenvalue weighted by molar-refractivity contribution is 0.330. The van der Waals surface area contributed by atoms with E-state index in [0.29, 0.717) is 6.04 Å². The van der Waals surface area contributed by atoms with E-state index in [4.69, 9.17) is 10.5 Å². The number of hydrogen-bond donors (Lipinski definition) is 1. The SMILES string of the molecule is COc1sc(CN2CC[C@@H](N)C2)cc1Br. The normalized spacial score (nSPS) is 22.2. The Hall–Kier alpha value is -0.100. The van der Waals surface area contributed by atoms with Crippen LogP contribution in [0, 0.1) is 0 Å². The first kappa shape index (κ1) is 11.4. The predicted molar refractivity (Wildman–Crippen MR) is 66.4 cm³/mol. The minimum Gasteiger partial charge on any atom is -0.486 e. The summed E-state index contributed by atoms with van der Waals surface area (Å²) in [4.78, 5) is 3.72. The molecule has 1 fully saturated rings. The molecule has 3 nitrogen and oxygen atoms in total. The molecule has 0 aromatic carbocycles. The van der Waals surface area contributed by atoms with Gasteiger partial charge >= 0.3 is 0 Å². The Labute approximate surface area is 102 Å². The molecule has 1 atom stereocenters. The lowest BCUT2D eigenvalue weighted by atomic mass is 10.3. The van der Waals surface area contributed by atoms with Gasteiger partial charge in [-0.25, -0.2) is 0 Å². The quantitative estimate of drug-likeness (QED) is 0.926. The maximum Gasteiger partial charge on any atom is 0.188 e. The maximum atomic E-state index is 5.87. The molecule has 0 amide bonds. The molecule has 2 heterocycles.